The van der Waals surface area contributed by atoms with Crippen LogP contribution in [0.15, 0.2) is 53.3 Å². The SMILES string of the molecule is CC1CCCC(N(Cc2ccc3c(c2)OCO3)C(=O)c2cc(-c3cccnc3)on2)C1C. The van der Waals surface area contributed by atoms with Crippen molar-refractivity contribution in [3.8, 4) is 22.8 Å². The van der Waals surface area contributed by atoms with Crippen molar-refractivity contribution < 1.29 is 18.8 Å². The molecular formula is C25H27N3O4. The molecule has 5 rings (SSSR count). The fraction of sp³-hybridized carbons (Fsp3) is 0.400. The maximum atomic E-state index is 13.7. The predicted octanol–water partition coefficient (Wildman–Crippen LogP) is 4.93. The average Bonchev–Trinajstić information content (AvgIpc) is 3.49. The Labute approximate surface area is 187 Å². The summed E-state index contributed by atoms with van der Waals surface area (Å²) in [4.78, 5) is 19.8. The van der Waals surface area contributed by atoms with Crippen molar-refractivity contribution in [3.63, 3.8) is 0 Å². The van der Waals surface area contributed by atoms with Crippen LogP contribution < -0.4 is 9.47 Å². The monoisotopic (exact) mass is 433 g/mol. The number of aromatic nitrogens is 2. The molecule has 7 nitrogen and oxygen atoms in total. The number of rotatable bonds is 5. The highest BCUT2D eigenvalue weighted by Crippen LogP contribution is 2.36. The van der Waals surface area contributed by atoms with Gasteiger partial charge in [0.15, 0.2) is 23.0 Å². The number of carbonyl (C=O) groups excluding carboxylic acids is 1. The van der Waals surface area contributed by atoms with Gasteiger partial charge in [0.25, 0.3) is 5.91 Å². The smallest absolute Gasteiger partial charge is 0.276 e. The number of amides is 1. The number of hydrogen-bond acceptors (Lipinski definition) is 6. The minimum atomic E-state index is -0.118. The third kappa shape index (κ3) is 3.95. The summed E-state index contributed by atoms with van der Waals surface area (Å²) in [7, 11) is 0. The first-order valence-corrected chi connectivity index (χ1v) is 11.2. The normalized spacial score (nSPS) is 22.0. The van der Waals surface area contributed by atoms with Gasteiger partial charge in [-0.2, -0.15) is 0 Å². The first-order chi connectivity index (χ1) is 15.6. The van der Waals surface area contributed by atoms with Gasteiger partial charge in [0.2, 0.25) is 6.79 Å². The van der Waals surface area contributed by atoms with Crippen molar-refractivity contribution in [2.75, 3.05) is 6.79 Å². The standard InChI is InChI=1S/C25H27N3O4/c1-16-5-3-7-21(17(16)2)28(14-18-8-9-22-24(11-18)31-15-30-22)25(29)20-12-23(32-27-20)19-6-4-10-26-13-19/h4,6,8-13,16-17,21H,3,5,7,14-15H2,1-2H3. The Kier molecular flexibility index (Phi) is 5.55. The van der Waals surface area contributed by atoms with Gasteiger partial charge in [0, 0.05) is 36.6 Å². The lowest BCUT2D eigenvalue weighted by atomic mass is 9.77. The molecule has 0 N–H and O–H groups in total. The molecule has 32 heavy (non-hydrogen) atoms. The number of pyridine rings is 1. The van der Waals surface area contributed by atoms with Gasteiger partial charge in [-0.3, -0.25) is 9.78 Å². The summed E-state index contributed by atoms with van der Waals surface area (Å²) in [5.74, 6) is 2.83. The minimum Gasteiger partial charge on any atom is -0.454 e. The van der Waals surface area contributed by atoms with Crippen molar-refractivity contribution >= 4 is 5.91 Å². The molecule has 0 radical (unpaired) electrons. The lowest BCUT2D eigenvalue weighted by Crippen LogP contribution is -2.47. The third-order valence-corrected chi connectivity index (χ3v) is 6.79. The van der Waals surface area contributed by atoms with Gasteiger partial charge in [-0.1, -0.05) is 37.9 Å². The zero-order valence-corrected chi connectivity index (χ0v) is 18.4. The quantitative estimate of drug-likeness (QED) is 0.568. The Morgan fingerprint density at radius 2 is 2.00 bits per heavy atom. The van der Waals surface area contributed by atoms with Crippen molar-refractivity contribution in [1.82, 2.24) is 15.0 Å². The van der Waals surface area contributed by atoms with Crippen molar-refractivity contribution in [2.45, 2.75) is 45.7 Å². The van der Waals surface area contributed by atoms with E-state index in [-0.39, 0.29) is 18.7 Å². The van der Waals surface area contributed by atoms with Gasteiger partial charge in [0.1, 0.15) is 0 Å². The maximum absolute atomic E-state index is 13.7. The van der Waals surface area contributed by atoms with Crippen LogP contribution in [0, 0.1) is 11.8 Å². The fourth-order valence-corrected chi connectivity index (χ4v) is 4.74. The number of nitrogens with zero attached hydrogens (tertiary/aromatic N) is 3. The summed E-state index contributed by atoms with van der Waals surface area (Å²) in [5, 5.41) is 4.11. The zero-order valence-electron chi connectivity index (χ0n) is 18.4. The minimum absolute atomic E-state index is 0.118. The van der Waals surface area contributed by atoms with Crippen LogP contribution in [0.25, 0.3) is 11.3 Å². The molecule has 1 fully saturated rings. The highest BCUT2D eigenvalue weighted by molar-refractivity contribution is 5.93. The molecule has 3 atom stereocenters. The molecule has 0 bridgehead atoms. The second-order valence-corrected chi connectivity index (χ2v) is 8.77. The molecule has 1 amide bonds. The van der Waals surface area contributed by atoms with Crippen LogP contribution in [0.2, 0.25) is 0 Å². The van der Waals surface area contributed by atoms with Gasteiger partial charge < -0.3 is 18.9 Å². The van der Waals surface area contributed by atoms with Gasteiger partial charge in [-0.25, -0.2) is 0 Å². The van der Waals surface area contributed by atoms with E-state index in [0.717, 1.165) is 35.5 Å². The topological polar surface area (TPSA) is 77.7 Å². The molecule has 3 aromatic rings. The molecular weight excluding hydrogens is 406 g/mol. The molecule has 0 spiro atoms. The number of carbonyl (C=O) groups is 1. The first-order valence-electron chi connectivity index (χ1n) is 11.2. The molecule has 1 aromatic carbocycles. The molecule has 0 saturated heterocycles. The van der Waals surface area contributed by atoms with Crippen LogP contribution in [0.1, 0.15) is 49.2 Å². The maximum Gasteiger partial charge on any atom is 0.276 e. The van der Waals surface area contributed by atoms with E-state index in [4.69, 9.17) is 14.0 Å². The Morgan fingerprint density at radius 1 is 1.12 bits per heavy atom. The highest BCUT2D eigenvalue weighted by atomic mass is 16.7. The van der Waals surface area contributed by atoms with E-state index in [0.29, 0.717) is 29.8 Å². The number of fused-ring (bicyclic) bond motifs is 1. The van der Waals surface area contributed by atoms with E-state index in [9.17, 15) is 4.79 Å². The number of benzene rings is 1. The molecule has 3 heterocycles. The molecule has 1 saturated carbocycles. The summed E-state index contributed by atoms with van der Waals surface area (Å²) in [6.45, 7) is 5.23. The fourth-order valence-electron chi connectivity index (χ4n) is 4.74. The van der Waals surface area contributed by atoms with E-state index in [1.165, 1.54) is 6.42 Å². The Balaban J connectivity index is 1.45. The second-order valence-electron chi connectivity index (χ2n) is 8.77. The highest BCUT2D eigenvalue weighted by Gasteiger charge is 2.35. The molecule has 2 aliphatic rings. The number of hydrogen-bond donors (Lipinski definition) is 0. The van der Waals surface area contributed by atoms with Crippen molar-refractivity contribution in [2.24, 2.45) is 11.8 Å². The molecule has 2 aromatic heterocycles. The van der Waals surface area contributed by atoms with E-state index in [1.807, 2.05) is 35.2 Å². The Morgan fingerprint density at radius 3 is 2.84 bits per heavy atom. The van der Waals surface area contributed by atoms with Crippen LogP contribution in [0.5, 0.6) is 11.5 Å². The lowest BCUT2D eigenvalue weighted by Gasteiger charge is -2.41. The number of ether oxygens (including phenoxy) is 2. The van der Waals surface area contributed by atoms with E-state index in [2.05, 4.69) is 24.0 Å². The molecule has 7 heteroatoms. The summed E-state index contributed by atoms with van der Waals surface area (Å²) >= 11 is 0. The molecule has 1 aliphatic heterocycles. The zero-order chi connectivity index (χ0) is 22.1. The first kappa shape index (κ1) is 20.5. The van der Waals surface area contributed by atoms with Crippen molar-refractivity contribution in [1.29, 1.82) is 0 Å². The summed E-state index contributed by atoms with van der Waals surface area (Å²) < 4.78 is 16.5. The van der Waals surface area contributed by atoms with E-state index in [1.54, 1.807) is 18.5 Å². The van der Waals surface area contributed by atoms with E-state index >= 15 is 0 Å². The third-order valence-electron chi connectivity index (χ3n) is 6.79. The van der Waals surface area contributed by atoms with Crippen LogP contribution in [0.4, 0.5) is 0 Å². The van der Waals surface area contributed by atoms with Gasteiger partial charge in [0.05, 0.1) is 0 Å². The largest absolute Gasteiger partial charge is 0.454 e. The molecule has 1 aliphatic carbocycles. The second kappa shape index (κ2) is 8.65. The predicted molar refractivity (Wildman–Crippen MR) is 118 cm³/mol. The van der Waals surface area contributed by atoms with Crippen LogP contribution in [-0.4, -0.2) is 33.8 Å². The van der Waals surface area contributed by atoms with Crippen LogP contribution in [0.3, 0.4) is 0 Å². The van der Waals surface area contributed by atoms with Crippen LogP contribution in [-0.2, 0) is 6.54 Å². The summed E-state index contributed by atoms with van der Waals surface area (Å²) in [6.07, 6.45) is 6.68. The van der Waals surface area contributed by atoms with Gasteiger partial charge >= 0.3 is 0 Å². The van der Waals surface area contributed by atoms with Crippen molar-refractivity contribution in [3.05, 3.63) is 60.0 Å². The van der Waals surface area contributed by atoms with Gasteiger partial charge in [-0.05, 0) is 48.1 Å². The van der Waals surface area contributed by atoms with E-state index < -0.39 is 0 Å². The Bertz CT molecular complexity index is 1100. The molecule has 166 valence electrons. The summed E-state index contributed by atoms with van der Waals surface area (Å²) in [6, 6.07) is 11.4. The lowest BCUT2D eigenvalue weighted by molar-refractivity contribution is 0.0440. The average molecular weight is 434 g/mol. The van der Waals surface area contributed by atoms with Gasteiger partial charge in [-0.15, -0.1) is 0 Å². The molecule has 3 unspecified atom stereocenters. The summed E-state index contributed by atoms with van der Waals surface area (Å²) in [5.41, 5.74) is 2.11. The Hall–Kier alpha value is -3.35. The van der Waals surface area contributed by atoms with Crippen LogP contribution >= 0.6 is 0 Å².